The molecular weight excluding hydrogens is 396 g/mol. The Labute approximate surface area is 185 Å². The van der Waals surface area contributed by atoms with Crippen molar-refractivity contribution in [2.45, 2.75) is 12.0 Å². The molecule has 30 heavy (non-hydrogen) atoms. The van der Waals surface area contributed by atoms with Crippen molar-refractivity contribution in [1.29, 1.82) is 0 Å². The van der Waals surface area contributed by atoms with E-state index < -0.39 is 0 Å². The monoisotopic (exact) mass is 424 g/mol. The molecule has 1 atom stereocenters. The summed E-state index contributed by atoms with van der Waals surface area (Å²) in [5, 5.41) is 3.17. The number of methoxy groups -OCH3 is 1. The minimum atomic E-state index is -0.349. The van der Waals surface area contributed by atoms with Gasteiger partial charge in [-0.3, -0.25) is 4.79 Å². The fourth-order valence-corrected chi connectivity index (χ4v) is 3.60. The highest BCUT2D eigenvalue weighted by Crippen LogP contribution is 2.28. The third kappa shape index (κ3) is 5.62. The molecule has 5 heteroatoms. The lowest BCUT2D eigenvalue weighted by molar-refractivity contribution is -0.121. The number of halogens is 1. The SMILES string of the molecule is COc1ccccc1C(CNC(=O)C(c1ccccc1)c1ccccc1)N(C)C.Cl. The summed E-state index contributed by atoms with van der Waals surface area (Å²) in [7, 11) is 5.69. The molecule has 0 radical (unpaired) electrons. The maximum Gasteiger partial charge on any atom is 0.232 e. The Bertz CT molecular complexity index is 877. The van der Waals surface area contributed by atoms with Crippen LogP contribution in [0.5, 0.6) is 5.75 Å². The van der Waals surface area contributed by atoms with Gasteiger partial charge in [-0.2, -0.15) is 0 Å². The molecule has 0 aromatic heterocycles. The van der Waals surface area contributed by atoms with Crippen molar-refractivity contribution < 1.29 is 9.53 Å². The Hall–Kier alpha value is -2.82. The van der Waals surface area contributed by atoms with Crippen LogP contribution < -0.4 is 10.1 Å². The van der Waals surface area contributed by atoms with E-state index in [2.05, 4.69) is 10.2 Å². The number of carbonyl (C=O) groups excluding carboxylic acids is 1. The number of para-hydroxylation sites is 1. The first-order chi connectivity index (χ1) is 14.1. The Morgan fingerprint density at radius 1 is 0.867 bits per heavy atom. The van der Waals surface area contributed by atoms with Gasteiger partial charge in [0.2, 0.25) is 5.91 Å². The first kappa shape index (κ1) is 23.5. The van der Waals surface area contributed by atoms with Gasteiger partial charge in [0.25, 0.3) is 0 Å². The molecule has 1 N–H and O–H groups in total. The maximum atomic E-state index is 13.3. The van der Waals surface area contributed by atoms with Gasteiger partial charge in [-0.05, 0) is 31.3 Å². The fourth-order valence-electron chi connectivity index (χ4n) is 3.60. The van der Waals surface area contributed by atoms with E-state index in [1.54, 1.807) is 7.11 Å². The predicted octanol–water partition coefficient (Wildman–Crippen LogP) is 4.67. The Morgan fingerprint density at radius 3 is 1.87 bits per heavy atom. The molecule has 0 saturated heterocycles. The topological polar surface area (TPSA) is 41.6 Å². The number of hydrogen-bond acceptors (Lipinski definition) is 3. The Balaban J connectivity index is 0.00000320. The Kier molecular flexibility index (Phi) is 8.90. The van der Waals surface area contributed by atoms with Crippen LogP contribution in [0, 0.1) is 0 Å². The summed E-state index contributed by atoms with van der Waals surface area (Å²) in [6, 6.07) is 27.7. The summed E-state index contributed by atoms with van der Waals surface area (Å²) < 4.78 is 5.53. The van der Waals surface area contributed by atoms with E-state index >= 15 is 0 Å². The average molecular weight is 425 g/mol. The molecule has 3 rings (SSSR count). The quantitative estimate of drug-likeness (QED) is 0.571. The summed E-state index contributed by atoms with van der Waals surface area (Å²) >= 11 is 0. The highest BCUT2D eigenvalue weighted by atomic mass is 35.5. The number of amides is 1. The normalized spacial score (nSPS) is 11.6. The van der Waals surface area contributed by atoms with Gasteiger partial charge in [0.15, 0.2) is 0 Å². The van der Waals surface area contributed by atoms with Crippen molar-refractivity contribution >= 4 is 18.3 Å². The molecule has 0 aliphatic heterocycles. The van der Waals surface area contributed by atoms with E-state index in [-0.39, 0.29) is 30.3 Å². The van der Waals surface area contributed by atoms with Gasteiger partial charge in [-0.15, -0.1) is 12.4 Å². The van der Waals surface area contributed by atoms with Crippen LogP contribution in [0.25, 0.3) is 0 Å². The number of benzene rings is 3. The van der Waals surface area contributed by atoms with Gasteiger partial charge in [-0.25, -0.2) is 0 Å². The van der Waals surface area contributed by atoms with Crippen molar-refractivity contribution in [1.82, 2.24) is 10.2 Å². The minimum absolute atomic E-state index is 0. The molecule has 158 valence electrons. The molecule has 0 bridgehead atoms. The van der Waals surface area contributed by atoms with E-state index in [1.165, 1.54) is 0 Å². The summed E-state index contributed by atoms with van der Waals surface area (Å²) in [4.78, 5) is 15.4. The number of nitrogens with one attached hydrogen (secondary N) is 1. The first-order valence-corrected chi connectivity index (χ1v) is 9.78. The number of ether oxygens (including phenoxy) is 1. The van der Waals surface area contributed by atoms with Crippen LogP contribution in [0.2, 0.25) is 0 Å². The summed E-state index contributed by atoms with van der Waals surface area (Å²) in [6.07, 6.45) is 0. The van der Waals surface area contributed by atoms with Crippen LogP contribution >= 0.6 is 12.4 Å². The standard InChI is InChI=1S/C25H28N2O2.ClH/c1-27(2)22(21-16-10-11-17-23(21)29-3)18-26-25(28)24(19-12-6-4-7-13-19)20-14-8-5-9-15-20;/h4-17,22,24H,18H2,1-3H3,(H,26,28);1H. The average Bonchev–Trinajstić information content (AvgIpc) is 2.75. The minimum Gasteiger partial charge on any atom is -0.496 e. The summed E-state index contributed by atoms with van der Waals surface area (Å²) in [5.74, 6) is 0.463. The molecule has 0 aliphatic rings. The van der Waals surface area contributed by atoms with Gasteiger partial charge >= 0.3 is 0 Å². The second-order valence-corrected chi connectivity index (χ2v) is 7.22. The van der Waals surface area contributed by atoms with E-state index in [0.29, 0.717) is 6.54 Å². The number of carbonyl (C=O) groups is 1. The molecule has 0 heterocycles. The van der Waals surface area contributed by atoms with Crippen molar-refractivity contribution in [2.24, 2.45) is 0 Å². The van der Waals surface area contributed by atoms with Gasteiger partial charge in [-0.1, -0.05) is 78.9 Å². The van der Waals surface area contributed by atoms with Crippen molar-refractivity contribution in [2.75, 3.05) is 27.7 Å². The molecule has 3 aromatic rings. The smallest absolute Gasteiger partial charge is 0.232 e. The van der Waals surface area contributed by atoms with Gasteiger partial charge < -0.3 is 15.0 Å². The van der Waals surface area contributed by atoms with Crippen LogP contribution in [-0.4, -0.2) is 38.6 Å². The predicted molar refractivity (Wildman–Crippen MR) is 124 cm³/mol. The van der Waals surface area contributed by atoms with E-state index in [0.717, 1.165) is 22.4 Å². The molecule has 0 aliphatic carbocycles. The summed E-state index contributed by atoms with van der Waals surface area (Å²) in [6.45, 7) is 0.488. The lowest BCUT2D eigenvalue weighted by atomic mass is 9.90. The molecule has 1 unspecified atom stereocenters. The van der Waals surface area contributed by atoms with Crippen LogP contribution in [0.4, 0.5) is 0 Å². The lowest BCUT2D eigenvalue weighted by Crippen LogP contribution is -2.37. The molecule has 0 fully saturated rings. The molecule has 0 saturated carbocycles. The fraction of sp³-hybridized carbons (Fsp3) is 0.240. The first-order valence-electron chi connectivity index (χ1n) is 9.78. The number of hydrogen-bond donors (Lipinski definition) is 1. The zero-order valence-electron chi connectivity index (χ0n) is 17.6. The maximum absolute atomic E-state index is 13.3. The molecular formula is C25H29ClN2O2. The molecule has 4 nitrogen and oxygen atoms in total. The third-order valence-corrected chi connectivity index (χ3v) is 5.12. The van der Waals surface area contributed by atoms with Gasteiger partial charge in [0, 0.05) is 12.1 Å². The van der Waals surface area contributed by atoms with Crippen LogP contribution in [-0.2, 0) is 4.79 Å². The largest absolute Gasteiger partial charge is 0.496 e. The second-order valence-electron chi connectivity index (χ2n) is 7.22. The highest BCUT2D eigenvalue weighted by Gasteiger charge is 2.25. The van der Waals surface area contributed by atoms with Crippen LogP contribution in [0.3, 0.4) is 0 Å². The number of rotatable bonds is 8. The van der Waals surface area contributed by atoms with Crippen LogP contribution in [0.15, 0.2) is 84.9 Å². The molecule has 1 amide bonds. The zero-order chi connectivity index (χ0) is 20.6. The summed E-state index contributed by atoms with van der Waals surface area (Å²) in [5.41, 5.74) is 3.01. The highest BCUT2D eigenvalue weighted by molar-refractivity contribution is 5.87. The van der Waals surface area contributed by atoms with E-state index in [1.807, 2.05) is 99.0 Å². The van der Waals surface area contributed by atoms with Crippen molar-refractivity contribution in [3.8, 4) is 5.75 Å². The van der Waals surface area contributed by atoms with Crippen LogP contribution in [0.1, 0.15) is 28.7 Å². The van der Waals surface area contributed by atoms with Gasteiger partial charge in [0.1, 0.15) is 5.75 Å². The second kappa shape index (κ2) is 11.4. The van der Waals surface area contributed by atoms with Crippen molar-refractivity contribution in [3.05, 3.63) is 102 Å². The van der Waals surface area contributed by atoms with Gasteiger partial charge in [0.05, 0.1) is 19.1 Å². The Morgan fingerprint density at radius 2 is 1.37 bits per heavy atom. The van der Waals surface area contributed by atoms with Crippen molar-refractivity contribution in [3.63, 3.8) is 0 Å². The zero-order valence-corrected chi connectivity index (χ0v) is 18.4. The van der Waals surface area contributed by atoms with E-state index in [9.17, 15) is 4.79 Å². The number of nitrogens with zero attached hydrogens (tertiary/aromatic N) is 1. The molecule has 0 spiro atoms. The lowest BCUT2D eigenvalue weighted by Gasteiger charge is -2.27. The van der Waals surface area contributed by atoms with E-state index in [4.69, 9.17) is 4.74 Å². The number of likely N-dealkylation sites (N-methyl/N-ethyl adjacent to an activating group) is 1. The third-order valence-electron chi connectivity index (χ3n) is 5.12. The molecule has 3 aromatic carbocycles.